The van der Waals surface area contributed by atoms with Crippen LogP contribution in [0.4, 0.5) is 0 Å². The lowest BCUT2D eigenvalue weighted by Gasteiger charge is -2.47. The predicted molar refractivity (Wildman–Crippen MR) is 175 cm³/mol. The third kappa shape index (κ3) is 14.3. The molecule has 0 amide bonds. The van der Waals surface area contributed by atoms with E-state index in [9.17, 15) is 34.5 Å². The van der Waals surface area contributed by atoms with E-state index in [1.54, 1.807) is 19.0 Å². The van der Waals surface area contributed by atoms with Crippen LogP contribution in [0.5, 0.6) is 0 Å². The smallest absolute Gasteiger partial charge is 0.350 e. The average Bonchev–Trinajstić information content (AvgIpc) is 2.96. The van der Waals surface area contributed by atoms with Crippen molar-refractivity contribution in [1.82, 2.24) is 4.90 Å². The summed E-state index contributed by atoms with van der Waals surface area (Å²) in [7, 11) is 3.52. The number of carboxylic acid groups (broad SMARTS) is 3. The quantitative estimate of drug-likeness (QED) is 0.0529. The number of hydrogen-bond donors (Lipinski definition) is 3. The molecule has 3 N–H and O–H groups in total. The number of hydrogen-bond acceptors (Lipinski definition) is 6. The number of carbonyl (C=O) groups excluding carboxylic acids is 1. The summed E-state index contributed by atoms with van der Waals surface area (Å²) >= 11 is 0. The molecule has 9 heteroatoms. The van der Waals surface area contributed by atoms with E-state index in [0.29, 0.717) is 38.5 Å². The number of esters is 1. The first-order valence-electron chi connectivity index (χ1n) is 17.5. The number of carboxylic acids is 3. The van der Waals surface area contributed by atoms with Crippen molar-refractivity contribution in [2.24, 2.45) is 11.3 Å². The summed E-state index contributed by atoms with van der Waals surface area (Å²) in [5.74, 6) is -7.07. The van der Waals surface area contributed by atoms with Crippen LogP contribution in [-0.2, 0) is 23.9 Å². The zero-order chi connectivity index (χ0) is 33.4. The molecule has 2 atom stereocenters. The maximum absolute atomic E-state index is 13.5. The van der Waals surface area contributed by atoms with Crippen LogP contribution < -0.4 is 0 Å². The van der Waals surface area contributed by atoms with Gasteiger partial charge in [0.25, 0.3) is 0 Å². The van der Waals surface area contributed by atoms with Crippen LogP contribution in [0.25, 0.3) is 0 Å². The molecular weight excluding hydrogens is 562 g/mol. The van der Waals surface area contributed by atoms with Gasteiger partial charge in [-0.05, 0) is 33.4 Å². The summed E-state index contributed by atoms with van der Waals surface area (Å²) in [6.45, 7) is 6.58. The molecule has 0 aromatic heterocycles. The molecule has 0 aromatic carbocycles. The van der Waals surface area contributed by atoms with Crippen LogP contribution in [0, 0.1) is 11.3 Å². The summed E-state index contributed by atoms with van der Waals surface area (Å²) in [6.07, 6.45) is 14.9. The van der Waals surface area contributed by atoms with Crippen molar-refractivity contribution in [1.29, 1.82) is 0 Å². The summed E-state index contributed by atoms with van der Waals surface area (Å²) in [5, 5.41) is 32.5. The van der Waals surface area contributed by atoms with Gasteiger partial charge >= 0.3 is 23.9 Å². The minimum atomic E-state index is -2.73. The lowest BCUT2D eigenvalue weighted by Crippen LogP contribution is -2.66. The minimum Gasteiger partial charge on any atom is -0.481 e. The maximum atomic E-state index is 13.5. The van der Waals surface area contributed by atoms with E-state index in [2.05, 4.69) is 20.8 Å². The van der Waals surface area contributed by atoms with Gasteiger partial charge in [0.05, 0.1) is 6.42 Å². The molecule has 0 bridgehead atoms. The molecule has 0 rings (SSSR count). The lowest BCUT2D eigenvalue weighted by molar-refractivity contribution is -0.221. The summed E-state index contributed by atoms with van der Waals surface area (Å²) in [6, 6.07) is 0. The summed E-state index contributed by atoms with van der Waals surface area (Å²) in [5.41, 5.74) is -4.81. The molecule has 0 saturated carbocycles. The number of aliphatic carboxylic acids is 3. The number of unbranched alkanes of at least 4 members (excludes halogenated alkanes) is 15. The van der Waals surface area contributed by atoms with Gasteiger partial charge in [-0.1, -0.05) is 136 Å². The number of rotatable bonds is 30. The average molecular weight is 628 g/mol. The molecule has 0 aliphatic rings. The van der Waals surface area contributed by atoms with E-state index in [0.717, 1.165) is 77.0 Å². The van der Waals surface area contributed by atoms with Crippen molar-refractivity contribution in [3.05, 3.63) is 0 Å². The fraction of sp³-hybridized carbons (Fsp3) is 0.886. The molecule has 258 valence electrons. The van der Waals surface area contributed by atoms with Crippen molar-refractivity contribution >= 4 is 23.9 Å². The van der Waals surface area contributed by atoms with Gasteiger partial charge in [-0.2, -0.15) is 0 Å². The lowest BCUT2D eigenvalue weighted by atomic mass is 9.59. The molecule has 0 radical (unpaired) electrons. The van der Waals surface area contributed by atoms with Crippen LogP contribution in [0.1, 0.15) is 162 Å². The van der Waals surface area contributed by atoms with E-state index >= 15 is 0 Å². The zero-order valence-electron chi connectivity index (χ0n) is 28.7. The van der Waals surface area contributed by atoms with Gasteiger partial charge in [0.15, 0.2) is 0 Å². The van der Waals surface area contributed by atoms with Crippen molar-refractivity contribution in [2.45, 2.75) is 168 Å². The maximum Gasteiger partial charge on any atom is 0.350 e. The Balaban J connectivity index is 6.82. The van der Waals surface area contributed by atoms with Crippen molar-refractivity contribution < 1.29 is 39.2 Å². The first-order valence-corrected chi connectivity index (χ1v) is 17.5. The fourth-order valence-electron chi connectivity index (χ4n) is 6.36. The van der Waals surface area contributed by atoms with E-state index in [-0.39, 0.29) is 32.2 Å². The highest BCUT2D eigenvalue weighted by atomic mass is 16.6. The molecule has 0 aliphatic heterocycles. The molecule has 0 heterocycles. The Morgan fingerprint density at radius 3 is 1.39 bits per heavy atom. The fourth-order valence-corrected chi connectivity index (χ4v) is 6.36. The van der Waals surface area contributed by atoms with Gasteiger partial charge in [-0.25, -0.2) is 4.79 Å². The molecule has 9 nitrogen and oxygen atoms in total. The van der Waals surface area contributed by atoms with Gasteiger partial charge in [0.2, 0.25) is 5.60 Å². The summed E-state index contributed by atoms with van der Waals surface area (Å²) in [4.78, 5) is 55.0. The second kappa shape index (κ2) is 24.1. The molecule has 0 spiro atoms. The standard InChI is InChI=1S/C35H65NO8/c1-6-9-12-15-18-21-24-29(31(38)39)35(33(42)43,44-30(37)25-28-36(4)5)34(32(40)41,26-22-19-16-13-10-7-2)27-23-20-17-14-11-8-3/h29H,6-28H2,1-5H3,(H,38,39)(H,40,41)(H,42,43). The molecular formula is C35H65NO8. The van der Waals surface area contributed by atoms with Gasteiger partial charge in [0.1, 0.15) is 11.3 Å². The Morgan fingerprint density at radius 1 is 0.614 bits per heavy atom. The number of carbonyl (C=O) groups is 4. The Bertz CT molecular complexity index is 799. The SMILES string of the molecule is CCCCCCCCC(C(=O)O)C(OC(=O)CCN(C)C)(C(=O)O)C(CCCCCCCC)(CCCCCCCC)C(=O)O. The van der Waals surface area contributed by atoms with Crippen LogP contribution in [0.3, 0.4) is 0 Å². The van der Waals surface area contributed by atoms with Crippen LogP contribution in [0.15, 0.2) is 0 Å². The van der Waals surface area contributed by atoms with Crippen LogP contribution >= 0.6 is 0 Å². The van der Waals surface area contributed by atoms with Crippen LogP contribution in [0.2, 0.25) is 0 Å². The van der Waals surface area contributed by atoms with E-state index in [4.69, 9.17) is 4.74 Å². The van der Waals surface area contributed by atoms with Gasteiger partial charge in [-0.15, -0.1) is 0 Å². The Labute approximate surface area is 267 Å². The van der Waals surface area contributed by atoms with Gasteiger partial charge in [0, 0.05) is 6.54 Å². The molecule has 0 aromatic rings. The Hall–Kier alpha value is -2.16. The highest BCUT2D eigenvalue weighted by Crippen LogP contribution is 2.51. The number of ether oxygens (including phenoxy) is 1. The Morgan fingerprint density at radius 2 is 1.02 bits per heavy atom. The molecule has 0 aliphatic carbocycles. The zero-order valence-corrected chi connectivity index (χ0v) is 28.7. The predicted octanol–water partition coefficient (Wildman–Crippen LogP) is 8.33. The van der Waals surface area contributed by atoms with Crippen molar-refractivity contribution in [2.75, 3.05) is 20.6 Å². The highest BCUT2D eigenvalue weighted by molar-refractivity contribution is 5.95. The van der Waals surface area contributed by atoms with Crippen LogP contribution in [-0.4, -0.2) is 70.3 Å². The van der Waals surface area contributed by atoms with Gasteiger partial charge in [-0.3, -0.25) is 14.4 Å². The highest BCUT2D eigenvalue weighted by Gasteiger charge is 2.69. The Kier molecular flexibility index (Phi) is 22.9. The second-order valence-corrected chi connectivity index (χ2v) is 12.9. The normalized spacial score (nSPS) is 13.9. The first kappa shape index (κ1) is 41.8. The third-order valence-electron chi connectivity index (χ3n) is 9.03. The molecule has 0 fully saturated rings. The topological polar surface area (TPSA) is 141 Å². The van der Waals surface area contributed by atoms with E-state index in [1.165, 1.54) is 0 Å². The molecule has 0 saturated heterocycles. The van der Waals surface area contributed by atoms with Crippen molar-refractivity contribution in [3.63, 3.8) is 0 Å². The monoisotopic (exact) mass is 627 g/mol. The summed E-state index contributed by atoms with van der Waals surface area (Å²) < 4.78 is 5.86. The van der Waals surface area contributed by atoms with E-state index in [1.807, 2.05) is 0 Å². The van der Waals surface area contributed by atoms with E-state index < -0.39 is 40.8 Å². The first-order chi connectivity index (χ1) is 21.0. The molecule has 44 heavy (non-hydrogen) atoms. The number of nitrogens with zero attached hydrogens (tertiary/aromatic N) is 1. The van der Waals surface area contributed by atoms with Gasteiger partial charge < -0.3 is 25.0 Å². The van der Waals surface area contributed by atoms with Crippen molar-refractivity contribution in [3.8, 4) is 0 Å². The third-order valence-corrected chi connectivity index (χ3v) is 9.03. The second-order valence-electron chi connectivity index (χ2n) is 12.9. The molecule has 2 unspecified atom stereocenters. The largest absolute Gasteiger partial charge is 0.481 e. The minimum absolute atomic E-state index is 0.0586.